The summed E-state index contributed by atoms with van der Waals surface area (Å²) >= 11 is 0. The highest BCUT2D eigenvalue weighted by Crippen LogP contribution is 2.19. The van der Waals surface area contributed by atoms with E-state index in [1.165, 1.54) is 0 Å². The summed E-state index contributed by atoms with van der Waals surface area (Å²) in [6.45, 7) is 6.23. The number of ether oxygens (including phenoxy) is 1. The second-order valence-electron chi connectivity index (χ2n) is 5.21. The van der Waals surface area contributed by atoms with Gasteiger partial charge in [0.1, 0.15) is 0 Å². The van der Waals surface area contributed by atoms with Crippen molar-refractivity contribution in [1.29, 1.82) is 0 Å². The molecule has 0 radical (unpaired) electrons. The van der Waals surface area contributed by atoms with Crippen LogP contribution < -0.4 is 0 Å². The lowest BCUT2D eigenvalue weighted by Gasteiger charge is -2.27. The standard InChI is InChI=1S/C17H29NO2/c1-3-5-6-11-16-12-7-8-13-17(19)18(16)14-9-10-15-20-4-2/h6,9-11,16H,3-5,7-8,12-15H2,1-2H3/b10-9-,11-6+/t16-/m0/s1. The molecular formula is C17H29NO2. The molecule has 1 atom stereocenters. The highest BCUT2D eigenvalue weighted by atomic mass is 16.5. The molecule has 0 aromatic rings. The largest absolute Gasteiger partial charge is 0.378 e. The SMILES string of the molecule is CCC/C=C/[C@H]1CCCCC(=O)N1C/C=C\COCC. The highest BCUT2D eigenvalue weighted by Gasteiger charge is 2.22. The summed E-state index contributed by atoms with van der Waals surface area (Å²) in [5, 5.41) is 0. The molecule has 0 N–H and O–H groups in total. The Morgan fingerprint density at radius 2 is 2.10 bits per heavy atom. The van der Waals surface area contributed by atoms with Crippen molar-refractivity contribution in [2.75, 3.05) is 19.8 Å². The van der Waals surface area contributed by atoms with E-state index in [0.717, 1.165) is 38.7 Å². The van der Waals surface area contributed by atoms with Crippen LogP contribution in [0.4, 0.5) is 0 Å². The maximum absolute atomic E-state index is 12.2. The minimum atomic E-state index is 0.272. The van der Waals surface area contributed by atoms with Crippen molar-refractivity contribution in [3.8, 4) is 0 Å². The summed E-state index contributed by atoms with van der Waals surface area (Å²) in [6, 6.07) is 0.272. The lowest BCUT2D eigenvalue weighted by atomic mass is 10.1. The number of allylic oxidation sites excluding steroid dienone is 1. The average molecular weight is 279 g/mol. The van der Waals surface area contributed by atoms with E-state index >= 15 is 0 Å². The maximum Gasteiger partial charge on any atom is 0.223 e. The van der Waals surface area contributed by atoms with Crippen LogP contribution in [0, 0.1) is 0 Å². The zero-order valence-electron chi connectivity index (χ0n) is 13.0. The third-order valence-corrected chi connectivity index (χ3v) is 3.56. The predicted molar refractivity (Wildman–Crippen MR) is 83.7 cm³/mol. The van der Waals surface area contributed by atoms with Gasteiger partial charge in [0.15, 0.2) is 0 Å². The predicted octanol–water partition coefficient (Wildman–Crippen LogP) is 3.71. The Balaban J connectivity index is 2.57. The molecule has 1 fully saturated rings. The quantitative estimate of drug-likeness (QED) is 0.501. The summed E-state index contributed by atoms with van der Waals surface area (Å²) < 4.78 is 5.28. The van der Waals surface area contributed by atoms with Crippen LogP contribution in [0.3, 0.4) is 0 Å². The van der Waals surface area contributed by atoms with Crippen molar-refractivity contribution in [2.45, 2.75) is 58.4 Å². The van der Waals surface area contributed by atoms with Crippen LogP contribution in [0.1, 0.15) is 52.4 Å². The molecule has 3 heteroatoms. The number of carbonyl (C=O) groups is 1. The fraction of sp³-hybridized carbons (Fsp3) is 0.706. The fourth-order valence-electron chi connectivity index (χ4n) is 2.41. The van der Waals surface area contributed by atoms with Crippen molar-refractivity contribution in [3.05, 3.63) is 24.3 Å². The van der Waals surface area contributed by atoms with E-state index in [2.05, 4.69) is 25.2 Å². The lowest BCUT2D eigenvalue weighted by Crippen LogP contribution is -2.37. The highest BCUT2D eigenvalue weighted by molar-refractivity contribution is 5.77. The van der Waals surface area contributed by atoms with Gasteiger partial charge in [0, 0.05) is 19.6 Å². The number of rotatable bonds is 8. The van der Waals surface area contributed by atoms with Gasteiger partial charge in [0.2, 0.25) is 5.91 Å². The average Bonchev–Trinajstić information content (AvgIpc) is 2.62. The van der Waals surface area contributed by atoms with Crippen molar-refractivity contribution >= 4 is 5.91 Å². The van der Waals surface area contributed by atoms with Crippen LogP contribution in [0.5, 0.6) is 0 Å². The molecule has 3 nitrogen and oxygen atoms in total. The van der Waals surface area contributed by atoms with Gasteiger partial charge in [-0.1, -0.05) is 44.1 Å². The summed E-state index contributed by atoms with van der Waals surface area (Å²) in [5.41, 5.74) is 0. The van der Waals surface area contributed by atoms with E-state index in [1.807, 2.05) is 17.9 Å². The Kier molecular flexibility index (Phi) is 9.05. The number of likely N-dealkylation sites (tertiary alicyclic amines) is 1. The zero-order chi connectivity index (χ0) is 14.6. The van der Waals surface area contributed by atoms with Crippen molar-refractivity contribution in [2.24, 2.45) is 0 Å². The molecule has 1 aliphatic rings. The molecule has 1 amide bonds. The van der Waals surface area contributed by atoms with Gasteiger partial charge in [-0.05, 0) is 26.2 Å². The molecule has 1 saturated heterocycles. The Bertz CT molecular complexity index is 323. The minimum absolute atomic E-state index is 0.272. The summed E-state index contributed by atoms with van der Waals surface area (Å²) in [5.74, 6) is 0.287. The Morgan fingerprint density at radius 1 is 1.25 bits per heavy atom. The second kappa shape index (κ2) is 10.7. The first-order chi connectivity index (χ1) is 9.79. The third kappa shape index (κ3) is 6.38. The normalized spacial score (nSPS) is 21.0. The molecule has 20 heavy (non-hydrogen) atoms. The van der Waals surface area contributed by atoms with Gasteiger partial charge >= 0.3 is 0 Å². The van der Waals surface area contributed by atoms with E-state index in [9.17, 15) is 4.79 Å². The van der Waals surface area contributed by atoms with Crippen LogP contribution in [0.15, 0.2) is 24.3 Å². The van der Waals surface area contributed by atoms with E-state index in [4.69, 9.17) is 4.74 Å². The van der Waals surface area contributed by atoms with E-state index < -0.39 is 0 Å². The van der Waals surface area contributed by atoms with Crippen molar-refractivity contribution in [3.63, 3.8) is 0 Å². The fourth-order valence-corrected chi connectivity index (χ4v) is 2.41. The molecular weight excluding hydrogens is 250 g/mol. The lowest BCUT2D eigenvalue weighted by molar-refractivity contribution is -0.131. The van der Waals surface area contributed by atoms with Gasteiger partial charge in [-0.25, -0.2) is 0 Å². The number of carbonyl (C=O) groups excluding carboxylic acids is 1. The van der Waals surface area contributed by atoms with Gasteiger partial charge in [-0.2, -0.15) is 0 Å². The molecule has 1 aliphatic heterocycles. The first-order valence-electron chi connectivity index (χ1n) is 7.98. The van der Waals surface area contributed by atoms with Gasteiger partial charge in [-0.15, -0.1) is 0 Å². The van der Waals surface area contributed by atoms with E-state index in [-0.39, 0.29) is 11.9 Å². The van der Waals surface area contributed by atoms with Gasteiger partial charge in [0.05, 0.1) is 12.6 Å². The van der Waals surface area contributed by atoms with Crippen molar-refractivity contribution < 1.29 is 9.53 Å². The molecule has 1 heterocycles. The van der Waals surface area contributed by atoms with Gasteiger partial charge < -0.3 is 9.64 Å². The molecule has 0 unspecified atom stereocenters. The summed E-state index contributed by atoms with van der Waals surface area (Å²) in [6.07, 6.45) is 14.7. The van der Waals surface area contributed by atoms with Crippen LogP contribution in [0.2, 0.25) is 0 Å². The Hall–Kier alpha value is -1.09. The number of nitrogens with zero attached hydrogens (tertiary/aromatic N) is 1. The smallest absolute Gasteiger partial charge is 0.223 e. The van der Waals surface area contributed by atoms with Crippen LogP contribution >= 0.6 is 0 Å². The molecule has 1 rings (SSSR count). The minimum Gasteiger partial charge on any atom is -0.378 e. The topological polar surface area (TPSA) is 29.5 Å². The maximum atomic E-state index is 12.2. The second-order valence-corrected chi connectivity index (χ2v) is 5.21. The molecule has 0 saturated carbocycles. The molecule has 114 valence electrons. The zero-order valence-corrected chi connectivity index (χ0v) is 13.0. The Morgan fingerprint density at radius 3 is 2.85 bits per heavy atom. The number of amides is 1. The molecule has 0 aliphatic carbocycles. The van der Waals surface area contributed by atoms with Crippen molar-refractivity contribution in [1.82, 2.24) is 4.90 Å². The Labute approximate surface area is 123 Å². The summed E-state index contributed by atoms with van der Waals surface area (Å²) in [7, 11) is 0. The van der Waals surface area contributed by atoms with E-state index in [1.54, 1.807) is 0 Å². The van der Waals surface area contributed by atoms with Gasteiger partial charge in [0.25, 0.3) is 0 Å². The van der Waals surface area contributed by atoms with Crippen LogP contribution in [-0.2, 0) is 9.53 Å². The summed E-state index contributed by atoms with van der Waals surface area (Å²) in [4.78, 5) is 14.2. The number of unbranched alkanes of at least 4 members (excludes halogenated alkanes) is 1. The molecule has 0 aromatic heterocycles. The molecule has 0 bridgehead atoms. The van der Waals surface area contributed by atoms with Crippen LogP contribution in [0.25, 0.3) is 0 Å². The first kappa shape index (κ1) is 17.0. The first-order valence-corrected chi connectivity index (χ1v) is 7.98. The monoisotopic (exact) mass is 279 g/mol. The number of hydrogen-bond donors (Lipinski definition) is 0. The molecule has 0 aromatic carbocycles. The third-order valence-electron chi connectivity index (χ3n) is 3.56. The molecule has 0 spiro atoms. The van der Waals surface area contributed by atoms with Crippen LogP contribution in [-0.4, -0.2) is 36.6 Å². The van der Waals surface area contributed by atoms with E-state index in [0.29, 0.717) is 19.6 Å². The number of hydrogen-bond acceptors (Lipinski definition) is 2. The van der Waals surface area contributed by atoms with Gasteiger partial charge in [-0.3, -0.25) is 4.79 Å².